The summed E-state index contributed by atoms with van der Waals surface area (Å²) in [5.74, 6) is 0.0434. The summed E-state index contributed by atoms with van der Waals surface area (Å²) in [6.45, 7) is 11.9. The van der Waals surface area contributed by atoms with Crippen molar-refractivity contribution in [2.75, 3.05) is 27.2 Å². The van der Waals surface area contributed by atoms with Gasteiger partial charge < -0.3 is 21.3 Å². The Labute approximate surface area is 167 Å². The molecule has 1 unspecified atom stereocenters. The van der Waals surface area contributed by atoms with E-state index in [0.717, 1.165) is 45.2 Å². The fourth-order valence-corrected chi connectivity index (χ4v) is 2.98. The Hall–Kier alpha value is -0.980. The third-order valence-electron chi connectivity index (χ3n) is 4.68. The van der Waals surface area contributed by atoms with Crippen LogP contribution in [0.5, 0.6) is 0 Å². The molecule has 0 radical (unpaired) electrons. The molecule has 0 aromatic heterocycles. The van der Waals surface area contributed by atoms with E-state index < -0.39 is 11.5 Å². The number of likely N-dealkylation sites (N-methyl/N-ethyl adjacent to an activating group) is 1. The smallest absolute Gasteiger partial charge is 0.237 e. The number of amides is 1. The molecule has 0 bridgehead atoms. The van der Waals surface area contributed by atoms with Crippen molar-refractivity contribution >= 4 is 11.7 Å². The quantitative estimate of drug-likeness (QED) is 0.326. The molecule has 0 saturated carbocycles. The molecule has 0 aromatic carbocycles. The standard InChI is InChI=1S/C21H44N4O2/c1-16(2)24-15-11-9-13-18(23-7)20(27)25-17(12-8-10-14-22-6)19(26)21(3,4)5/h16-18,22-24H,8-15H2,1-7H3,(H,25,27)/t17?,18-/m0/s1. The maximum atomic E-state index is 12.8. The molecular weight excluding hydrogens is 340 g/mol. The summed E-state index contributed by atoms with van der Waals surface area (Å²) < 4.78 is 0. The summed E-state index contributed by atoms with van der Waals surface area (Å²) in [6, 6.07) is -0.176. The van der Waals surface area contributed by atoms with Gasteiger partial charge in [0, 0.05) is 11.5 Å². The van der Waals surface area contributed by atoms with Gasteiger partial charge >= 0.3 is 0 Å². The van der Waals surface area contributed by atoms with E-state index in [1.54, 1.807) is 0 Å². The molecule has 0 aliphatic carbocycles. The molecule has 0 aliphatic heterocycles. The van der Waals surface area contributed by atoms with Gasteiger partial charge in [-0.25, -0.2) is 0 Å². The highest BCUT2D eigenvalue weighted by Crippen LogP contribution is 2.19. The summed E-state index contributed by atoms with van der Waals surface area (Å²) in [4.78, 5) is 25.5. The van der Waals surface area contributed by atoms with Gasteiger partial charge in [-0.2, -0.15) is 0 Å². The van der Waals surface area contributed by atoms with E-state index in [0.29, 0.717) is 12.5 Å². The maximum Gasteiger partial charge on any atom is 0.237 e. The second-order valence-corrected chi connectivity index (χ2v) is 8.72. The molecule has 0 spiro atoms. The monoisotopic (exact) mass is 384 g/mol. The van der Waals surface area contributed by atoms with Crippen LogP contribution in [-0.2, 0) is 9.59 Å². The second-order valence-electron chi connectivity index (χ2n) is 8.72. The van der Waals surface area contributed by atoms with Gasteiger partial charge in [-0.15, -0.1) is 0 Å². The maximum absolute atomic E-state index is 12.8. The molecule has 4 N–H and O–H groups in total. The number of ketones is 1. The first-order valence-corrected chi connectivity index (χ1v) is 10.5. The topological polar surface area (TPSA) is 82.3 Å². The zero-order chi connectivity index (χ0) is 20.9. The van der Waals surface area contributed by atoms with Crippen molar-refractivity contribution in [1.82, 2.24) is 21.3 Å². The molecule has 0 fully saturated rings. The summed E-state index contributed by atoms with van der Waals surface area (Å²) in [7, 11) is 3.73. The molecule has 0 aromatic rings. The number of hydrogen-bond acceptors (Lipinski definition) is 5. The minimum Gasteiger partial charge on any atom is -0.345 e. The normalized spacial score (nSPS) is 14.2. The fourth-order valence-electron chi connectivity index (χ4n) is 2.98. The molecule has 6 heteroatoms. The molecule has 1 amide bonds. The van der Waals surface area contributed by atoms with Crippen molar-refractivity contribution in [3.63, 3.8) is 0 Å². The molecular formula is C21H44N4O2. The summed E-state index contributed by atoms with van der Waals surface area (Å²) >= 11 is 0. The molecule has 6 nitrogen and oxygen atoms in total. The second kappa shape index (κ2) is 14.1. The van der Waals surface area contributed by atoms with Crippen molar-refractivity contribution in [2.24, 2.45) is 5.41 Å². The van der Waals surface area contributed by atoms with Crippen molar-refractivity contribution in [3.8, 4) is 0 Å². The molecule has 160 valence electrons. The van der Waals surface area contributed by atoms with Crippen LogP contribution in [0.4, 0.5) is 0 Å². The highest BCUT2D eigenvalue weighted by atomic mass is 16.2. The summed E-state index contributed by atoms with van der Waals surface area (Å²) in [5, 5.41) is 12.6. The third kappa shape index (κ3) is 12.2. The van der Waals surface area contributed by atoms with Crippen LogP contribution >= 0.6 is 0 Å². The van der Waals surface area contributed by atoms with Crippen molar-refractivity contribution in [3.05, 3.63) is 0 Å². The Morgan fingerprint density at radius 1 is 0.852 bits per heavy atom. The molecule has 0 rings (SSSR count). The first kappa shape index (κ1) is 26.0. The van der Waals surface area contributed by atoms with Crippen molar-refractivity contribution < 1.29 is 9.59 Å². The van der Waals surface area contributed by atoms with Gasteiger partial charge in [0.25, 0.3) is 0 Å². The lowest BCUT2D eigenvalue weighted by molar-refractivity contribution is -0.133. The van der Waals surface area contributed by atoms with E-state index in [4.69, 9.17) is 0 Å². The minimum atomic E-state index is -0.460. The van der Waals surface area contributed by atoms with E-state index in [1.165, 1.54) is 0 Å². The lowest BCUT2D eigenvalue weighted by Crippen LogP contribution is -2.51. The number of Topliss-reactive ketones (excluding diaryl/α,β-unsaturated/α-hetero) is 1. The molecule has 2 atom stereocenters. The van der Waals surface area contributed by atoms with Crippen molar-refractivity contribution in [1.29, 1.82) is 0 Å². The Balaban J connectivity index is 4.64. The first-order valence-electron chi connectivity index (χ1n) is 10.5. The Bertz CT molecular complexity index is 419. The number of carbonyl (C=O) groups is 2. The van der Waals surface area contributed by atoms with Crippen LogP contribution < -0.4 is 21.3 Å². The van der Waals surface area contributed by atoms with Crippen LogP contribution in [0.2, 0.25) is 0 Å². The Morgan fingerprint density at radius 2 is 1.41 bits per heavy atom. The van der Waals surface area contributed by atoms with Gasteiger partial charge in [-0.3, -0.25) is 9.59 Å². The van der Waals surface area contributed by atoms with Gasteiger partial charge in [0.2, 0.25) is 5.91 Å². The van der Waals surface area contributed by atoms with Crippen LogP contribution in [-0.4, -0.2) is 57.0 Å². The number of unbranched alkanes of at least 4 members (excludes halogenated alkanes) is 2. The van der Waals surface area contributed by atoms with Crippen molar-refractivity contribution in [2.45, 2.75) is 91.3 Å². The predicted molar refractivity (Wildman–Crippen MR) is 114 cm³/mol. The summed E-state index contributed by atoms with van der Waals surface area (Å²) in [6.07, 6.45) is 5.39. The van der Waals surface area contributed by atoms with E-state index in [-0.39, 0.29) is 17.7 Å². The third-order valence-corrected chi connectivity index (χ3v) is 4.68. The molecule has 0 aliphatic rings. The fraction of sp³-hybridized carbons (Fsp3) is 0.905. The number of nitrogens with one attached hydrogen (secondary N) is 4. The van der Waals surface area contributed by atoms with Crippen LogP contribution in [0.1, 0.15) is 73.1 Å². The average Bonchev–Trinajstić information content (AvgIpc) is 2.58. The zero-order valence-electron chi connectivity index (χ0n) is 18.7. The van der Waals surface area contributed by atoms with Gasteiger partial charge in [0.1, 0.15) is 0 Å². The van der Waals surface area contributed by atoms with E-state index in [1.807, 2.05) is 34.9 Å². The van der Waals surface area contributed by atoms with Gasteiger partial charge in [0.05, 0.1) is 12.1 Å². The number of rotatable bonds is 15. The van der Waals surface area contributed by atoms with Gasteiger partial charge in [-0.05, 0) is 59.3 Å². The average molecular weight is 385 g/mol. The molecule has 0 saturated heterocycles. The van der Waals surface area contributed by atoms with Gasteiger partial charge in [-0.1, -0.05) is 41.0 Å². The highest BCUT2D eigenvalue weighted by molar-refractivity contribution is 5.93. The van der Waals surface area contributed by atoms with Crippen LogP contribution in [0.15, 0.2) is 0 Å². The molecule has 27 heavy (non-hydrogen) atoms. The van der Waals surface area contributed by atoms with Crippen LogP contribution in [0.3, 0.4) is 0 Å². The SMILES string of the molecule is CNCCCCC(NC(=O)[C@H](CCCCNC(C)C)NC)C(=O)C(C)(C)C. The Kier molecular flexibility index (Phi) is 13.6. The van der Waals surface area contributed by atoms with Crippen LogP contribution in [0, 0.1) is 5.41 Å². The first-order chi connectivity index (χ1) is 12.6. The van der Waals surface area contributed by atoms with E-state index in [2.05, 4.69) is 35.1 Å². The minimum absolute atomic E-state index is 0.0643. The lowest BCUT2D eigenvalue weighted by atomic mass is 9.84. The van der Waals surface area contributed by atoms with Gasteiger partial charge in [0.15, 0.2) is 5.78 Å². The van der Waals surface area contributed by atoms with E-state index >= 15 is 0 Å². The zero-order valence-corrected chi connectivity index (χ0v) is 18.7. The van der Waals surface area contributed by atoms with Crippen LogP contribution in [0.25, 0.3) is 0 Å². The summed E-state index contributed by atoms with van der Waals surface area (Å²) in [5.41, 5.74) is -0.460. The largest absolute Gasteiger partial charge is 0.345 e. The van der Waals surface area contributed by atoms with E-state index in [9.17, 15) is 9.59 Å². The number of carbonyl (C=O) groups excluding carboxylic acids is 2. The Morgan fingerprint density at radius 3 is 1.89 bits per heavy atom. The number of hydrogen-bond donors (Lipinski definition) is 4. The molecule has 0 heterocycles. The lowest BCUT2D eigenvalue weighted by Gasteiger charge is -2.27. The highest BCUT2D eigenvalue weighted by Gasteiger charge is 2.31. The predicted octanol–water partition coefficient (Wildman–Crippen LogP) is 2.23.